The maximum absolute atomic E-state index is 10.1. The second-order valence-electron chi connectivity index (χ2n) is 4.45. The van der Waals surface area contributed by atoms with Crippen molar-refractivity contribution in [3.05, 3.63) is 0 Å². The minimum atomic E-state index is -0.373. The third-order valence-electron chi connectivity index (χ3n) is 2.00. The molecule has 0 spiro atoms. The van der Waals surface area contributed by atoms with E-state index in [4.69, 9.17) is 5.73 Å². The topological polar surface area (TPSA) is 121 Å². The zero-order chi connectivity index (χ0) is 18.9. The van der Waals surface area contributed by atoms with Crippen LogP contribution in [0, 0.1) is 0 Å². The first kappa shape index (κ1) is 29.6. The molecular weight excluding hydrogens is 296 g/mol. The van der Waals surface area contributed by atoms with Gasteiger partial charge < -0.3 is 26.8 Å². The van der Waals surface area contributed by atoms with Gasteiger partial charge >= 0.3 is 6.09 Å². The Morgan fingerprint density at radius 2 is 1.61 bits per heavy atom. The van der Waals surface area contributed by atoms with Crippen LogP contribution in [0.2, 0.25) is 0 Å². The molecule has 0 heterocycles. The van der Waals surface area contributed by atoms with Crippen molar-refractivity contribution < 1.29 is 20.1 Å². The number of amides is 2. The zero-order valence-electron chi connectivity index (χ0n) is 16.2. The van der Waals surface area contributed by atoms with E-state index in [0.29, 0.717) is 6.61 Å². The van der Waals surface area contributed by atoms with Crippen molar-refractivity contribution in [2.45, 2.75) is 60.3 Å². The summed E-state index contributed by atoms with van der Waals surface area (Å²) in [4.78, 5) is 20.2. The lowest BCUT2D eigenvalue weighted by Crippen LogP contribution is -2.49. The molecule has 0 saturated carbocycles. The van der Waals surface area contributed by atoms with Crippen LogP contribution in [-0.4, -0.2) is 45.3 Å². The van der Waals surface area contributed by atoms with Crippen molar-refractivity contribution in [1.29, 1.82) is 0 Å². The molecule has 0 unspecified atom stereocenters. The number of unbranched alkanes of at least 4 members (excludes halogenated alkanes) is 1. The van der Waals surface area contributed by atoms with Crippen LogP contribution in [0.5, 0.6) is 0 Å². The largest absolute Gasteiger partial charge is 0.450 e. The molecule has 0 aliphatic heterocycles. The Hall–Kier alpha value is -1.34. The van der Waals surface area contributed by atoms with Gasteiger partial charge in [0.25, 0.3) is 0 Å². The van der Waals surface area contributed by atoms with Crippen molar-refractivity contribution >= 4 is 12.0 Å². The van der Waals surface area contributed by atoms with Crippen molar-refractivity contribution in [1.82, 2.24) is 10.6 Å². The predicted molar refractivity (Wildman–Crippen MR) is 97.1 cm³/mol. The first-order chi connectivity index (χ1) is 10.9. The number of carbonyl (C=O) groups excluding carboxylic acids is 2. The number of ether oxygens (including phenoxy) is 1. The van der Waals surface area contributed by atoms with E-state index < -0.39 is 0 Å². The number of carbonyl (C=O) groups is 2. The van der Waals surface area contributed by atoms with Gasteiger partial charge in [-0.2, -0.15) is 0 Å². The fourth-order valence-electron chi connectivity index (χ4n) is 0.754. The Balaban J connectivity index is -0.000000107. The quantitative estimate of drug-likeness (QED) is 0.583. The Kier molecular flexibility index (Phi) is 42.0. The highest BCUT2D eigenvalue weighted by atomic mass is 16.5. The van der Waals surface area contributed by atoms with Crippen molar-refractivity contribution in [3.63, 3.8) is 0 Å². The van der Waals surface area contributed by atoms with E-state index in [1.807, 2.05) is 6.92 Å². The molecule has 0 aromatic heterocycles. The second-order valence-corrected chi connectivity index (χ2v) is 4.45. The maximum Gasteiger partial charge on any atom is 0.406 e. The maximum atomic E-state index is 10.1. The third kappa shape index (κ3) is 63.3. The summed E-state index contributed by atoms with van der Waals surface area (Å²) in [7, 11) is 1.53. The minimum Gasteiger partial charge on any atom is -0.450 e. The zero-order valence-corrected chi connectivity index (χ0v) is 16.2. The van der Waals surface area contributed by atoms with E-state index in [9.17, 15) is 9.59 Å². The van der Waals surface area contributed by atoms with Gasteiger partial charge in [0.05, 0.1) is 13.2 Å². The van der Waals surface area contributed by atoms with E-state index in [0.717, 1.165) is 32.5 Å². The van der Waals surface area contributed by atoms with Gasteiger partial charge in [-0.15, -0.1) is 0 Å². The lowest BCUT2D eigenvalue weighted by molar-refractivity contribution is -0.368. The molecule has 0 aliphatic rings. The van der Waals surface area contributed by atoms with E-state index in [2.05, 4.69) is 35.0 Å². The van der Waals surface area contributed by atoms with Crippen LogP contribution in [0.4, 0.5) is 4.79 Å². The summed E-state index contributed by atoms with van der Waals surface area (Å²) >= 11 is 0. The molecule has 2 amide bonds. The molecule has 0 bridgehead atoms. The van der Waals surface area contributed by atoms with Crippen LogP contribution < -0.4 is 22.1 Å². The molecule has 0 atom stereocenters. The number of nitrogens with two attached hydrogens (primary N) is 1. The molecule has 7 N–H and O–H groups in total. The van der Waals surface area contributed by atoms with Crippen LogP contribution >= 0.6 is 0 Å². The third-order valence-corrected chi connectivity index (χ3v) is 2.00. The van der Waals surface area contributed by atoms with E-state index in [-0.39, 0.29) is 12.0 Å². The van der Waals surface area contributed by atoms with Crippen molar-refractivity contribution in [3.8, 4) is 0 Å². The highest BCUT2D eigenvalue weighted by Gasteiger charge is 1.89. The number of rotatable bonds is 6. The van der Waals surface area contributed by atoms with Gasteiger partial charge in [0, 0.05) is 20.5 Å². The van der Waals surface area contributed by atoms with Crippen LogP contribution in [0.15, 0.2) is 0 Å². The van der Waals surface area contributed by atoms with Gasteiger partial charge in [0.2, 0.25) is 5.91 Å². The Morgan fingerprint density at radius 1 is 1.09 bits per heavy atom. The first-order valence-electron chi connectivity index (χ1n) is 8.49. The molecule has 0 radical (unpaired) electrons. The van der Waals surface area contributed by atoms with Gasteiger partial charge in [-0.05, 0) is 32.7 Å². The molecule has 0 rings (SSSR count). The molecule has 7 nitrogen and oxygen atoms in total. The van der Waals surface area contributed by atoms with Crippen molar-refractivity contribution in [2.75, 3.05) is 33.3 Å². The summed E-state index contributed by atoms with van der Waals surface area (Å²) in [6, 6.07) is 0. The number of alkyl carbamates (subject to hydrolysis) is 1. The monoisotopic (exact) mass is 337 g/mol. The van der Waals surface area contributed by atoms with Crippen LogP contribution in [0.1, 0.15) is 60.3 Å². The van der Waals surface area contributed by atoms with Crippen LogP contribution in [-0.2, 0) is 9.53 Å². The Labute approximate surface area is 142 Å². The molecule has 142 valence electrons. The summed E-state index contributed by atoms with van der Waals surface area (Å²) in [6.45, 7) is 12.7. The summed E-state index contributed by atoms with van der Waals surface area (Å²) in [5.41, 5.74) is 8.70. The summed E-state index contributed by atoms with van der Waals surface area (Å²) in [6.07, 6.45) is 4.30. The lowest BCUT2D eigenvalue weighted by Gasteiger charge is -1.95. The van der Waals surface area contributed by atoms with Crippen molar-refractivity contribution in [2.24, 2.45) is 5.73 Å². The molecule has 0 fully saturated rings. The molecule has 0 aromatic rings. The number of nitrogens with one attached hydrogen (secondary N) is 2. The molecule has 23 heavy (non-hydrogen) atoms. The second kappa shape index (κ2) is 32.6. The van der Waals surface area contributed by atoms with E-state index in [1.165, 1.54) is 26.8 Å². The van der Waals surface area contributed by atoms with Crippen LogP contribution in [0.3, 0.4) is 0 Å². The number of hydrogen-bond acceptors (Lipinski definition) is 4. The fourth-order valence-corrected chi connectivity index (χ4v) is 0.754. The summed E-state index contributed by atoms with van der Waals surface area (Å²) in [5.74, 6) is 0.0573. The van der Waals surface area contributed by atoms with Gasteiger partial charge in [-0.3, -0.25) is 4.79 Å². The first-order valence-corrected chi connectivity index (χ1v) is 8.49. The Bertz CT molecular complexity index is 223. The Morgan fingerprint density at radius 3 is 1.70 bits per heavy atom. The standard InChI is InChI=1S/C5H11NO.C4H9NO2.C4H11N.C3H9N/c1-3-4-6-5(2)7;1-3-7-4(6)5-2;1-2-3-4-5;1-2-3-4/h3-4H2,1-2H3,(H,6,7);3H2,1-2H3,(H,5,6);2-5H2,1H3;2-4H2,1H3/p+1. The number of hydrogen-bond donors (Lipinski definition) is 4. The highest BCUT2D eigenvalue weighted by molar-refractivity contribution is 5.72. The molecular formula is C16H41N4O3+. The normalized spacial score (nSPS) is 8.00. The smallest absolute Gasteiger partial charge is 0.406 e. The van der Waals surface area contributed by atoms with Gasteiger partial charge in [0.15, 0.2) is 0 Å². The van der Waals surface area contributed by atoms with E-state index >= 15 is 0 Å². The molecule has 0 saturated heterocycles. The summed E-state index contributed by atoms with van der Waals surface area (Å²) in [5, 5.41) is 4.96. The average Bonchev–Trinajstić information content (AvgIpc) is 2.55. The van der Waals surface area contributed by atoms with Crippen LogP contribution in [0.25, 0.3) is 0 Å². The van der Waals surface area contributed by atoms with Gasteiger partial charge in [0.1, 0.15) is 0 Å². The highest BCUT2D eigenvalue weighted by Crippen LogP contribution is 1.75. The van der Waals surface area contributed by atoms with Gasteiger partial charge in [-0.1, -0.05) is 27.2 Å². The summed E-state index contributed by atoms with van der Waals surface area (Å²) < 4.78 is 4.44. The van der Waals surface area contributed by atoms with E-state index in [1.54, 1.807) is 6.92 Å². The molecule has 0 aliphatic carbocycles. The SMILES string of the molecule is CCCC[NH3+].CCCN.CCCNC(C)=O.CCOC(=O)NC. The molecule has 0 aromatic carbocycles. The predicted octanol–water partition coefficient (Wildman–Crippen LogP) is 1.28. The van der Waals surface area contributed by atoms with Gasteiger partial charge in [-0.25, -0.2) is 4.79 Å². The molecule has 7 heteroatoms. The fraction of sp³-hybridized carbons (Fsp3) is 0.875. The number of quaternary nitrogens is 1. The lowest BCUT2D eigenvalue weighted by atomic mass is 10.3. The minimum absolute atomic E-state index is 0.0573. The average molecular weight is 338 g/mol.